The molecule has 0 unspecified atom stereocenters. The molecule has 0 saturated carbocycles. The number of alkyl halides is 3. The SMILES string of the molecule is CC(C)Oc1ccc(/C=N\Nc2ccc(C(F)(F)F)cc2[N+](=O)[O-])cc1. The van der Waals surface area contributed by atoms with Crippen LogP contribution in [-0.2, 0) is 6.18 Å². The van der Waals surface area contributed by atoms with Crippen LogP contribution in [0.3, 0.4) is 0 Å². The Morgan fingerprint density at radius 3 is 2.38 bits per heavy atom. The standard InChI is InChI=1S/C17H16F3N3O3/c1-11(2)26-14-6-3-12(4-7-14)10-21-22-15-8-5-13(17(18,19)20)9-16(15)23(24)25/h3-11,22H,1-2H3/b21-10-. The van der Waals surface area contributed by atoms with Crippen LogP contribution in [0.15, 0.2) is 47.6 Å². The molecule has 0 saturated heterocycles. The average Bonchev–Trinajstić information content (AvgIpc) is 2.55. The molecule has 0 amide bonds. The predicted molar refractivity (Wildman–Crippen MR) is 91.5 cm³/mol. The Bertz CT molecular complexity index is 803. The summed E-state index contributed by atoms with van der Waals surface area (Å²) in [6.07, 6.45) is -3.23. The molecule has 0 aromatic heterocycles. The molecule has 138 valence electrons. The van der Waals surface area contributed by atoms with E-state index in [4.69, 9.17) is 4.74 Å². The van der Waals surface area contributed by atoms with Crippen molar-refractivity contribution < 1.29 is 22.8 Å². The fourth-order valence-corrected chi connectivity index (χ4v) is 2.03. The van der Waals surface area contributed by atoms with Gasteiger partial charge in [0.15, 0.2) is 0 Å². The summed E-state index contributed by atoms with van der Waals surface area (Å²) < 4.78 is 43.5. The normalized spacial score (nSPS) is 11.8. The number of anilines is 1. The zero-order chi connectivity index (χ0) is 19.3. The van der Waals surface area contributed by atoms with Gasteiger partial charge in [0.25, 0.3) is 5.69 Å². The highest BCUT2D eigenvalue weighted by atomic mass is 19.4. The first-order chi connectivity index (χ1) is 12.2. The maximum atomic E-state index is 12.7. The summed E-state index contributed by atoms with van der Waals surface area (Å²) in [5.74, 6) is 0.684. The van der Waals surface area contributed by atoms with Gasteiger partial charge < -0.3 is 4.74 Å². The largest absolute Gasteiger partial charge is 0.491 e. The second-order valence-corrected chi connectivity index (χ2v) is 5.59. The topological polar surface area (TPSA) is 76.8 Å². The fraction of sp³-hybridized carbons (Fsp3) is 0.235. The molecule has 0 spiro atoms. The summed E-state index contributed by atoms with van der Waals surface area (Å²) in [4.78, 5) is 10.1. The van der Waals surface area contributed by atoms with E-state index in [9.17, 15) is 23.3 Å². The van der Waals surface area contributed by atoms with Crippen LogP contribution in [0.5, 0.6) is 5.75 Å². The number of nitro groups is 1. The van der Waals surface area contributed by atoms with E-state index in [1.807, 2.05) is 13.8 Å². The zero-order valence-electron chi connectivity index (χ0n) is 13.9. The van der Waals surface area contributed by atoms with Crippen LogP contribution in [-0.4, -0.2) is 17.2 Å². The van der Waals surface area contributed by atoms with E-state index in [-0.39, 0.29) is 11.8 Å². The molecule has 1 N–H and O–H groups in total. The molecule has 0 atom stereocenters. The molecule has 26 heavy (non-hydrogen) atoms. The smallest absolute Gasteiger partial charge is 0.416 e. The minimum atomic E-state index is -4.66. The predicted octanol–water partition coefficient (Wildman–Crippen LogP) is 4.85. The van der Waals surface area contributed by atoms with Gasteiger partial charge in [-0.2, -0.15) is 18.3 Å². The highest BCUT2D eigenvalue weighted by Crippen LogP contribution is 2.34. The molecule has 2 aromatic carbocycles. The van der Waals surface area contributed by atoms with E-state index in [1.165, 1.54) is 6.21 Å². The van der Waals surface area contributed by atoms with Crippen LogP contribution in [0.25, 0.3) is 0 Å². The number of hydrogen-bond donors (Lipinski definition) is 1. The van der Waals surface area contributed by atoms with Gasteiger partial charge in [-0.15, -0.1) is 0 Å². The Morgan fingerprint density at radius 1 is 1.19 bits per heavy atom. The molecule has 0 aliphatic rings. The average molecular weight is 367 g/mol. The van der Waals surface area contributed by atoms with Crippen molar-refractivity contribution in [3.05, 3.63) is 63.7 Å². The second kappa shape index (κ2) is 7.85. The van der Waals surface area contributed by atoms with Crippen LogP contribution in [0, 0.1) is 10.1 Å². The number of rotatable bonds is 6. The summed E-state index contributed by atoms with van der Waals surface area (Å²) in [6.45, 7) is 3.80. The molecule has 0 heterocycles. The molecule has 9 heteroatoms. The molecule has 0 aliphatic carbocycles. The van der Waals surface area contributed by atoms with Crippen molar-refractivity contribution in [3.63, 3.8) is 0 Å². The number of nitro benzene ring substituents is 1. The van der Waals surface area contributed by atoms with Gasteiger partial charge in [0.1, 0.15) is 11.4 Å². The van der Waals surface area contributed by atoms with Crippen molar-refractivity contribution in [1.29, 1.82) is 0 Å². The fourth-order valence-electron chi connectivity index (χ4n) is 2.03. The summed E-state index contributed by atoms with van der Waals surface area (Å²) in [7, 11) is 0. The highest BCUT2D eigenvalue weighted by molar-refractivity contribution is 5.80. The van der Waals surface area contributed by atoms with E-state index in [2.05, 4.69) is 10.5 Å². The van der Waals surface area contributed by atoms with Crippen molar-refractivity contribution >= 4 is 17.6 Å². The van der Waals surface area contributed by atoms with E-state index < -0.39 is 22.4 Å². The lowest BCUT2D eigenvalue weighted by molar-refractivity contribution is -0.384. The van der Waals surface area contributed by atoms with E-state index >= 15 is 0 Å². The summed E-state index contributed by atoms with van der Waals surface area (Å²) in [6, 6.07) is 9.12. The summed E-state index contributed by atoms with van der Waals surface area (Å²) in [5, 5.41) is 14.8. The van der Waals surface area contributed by atoms with Crippen LogP contribution in [0.4, 0.5) is 24.5 Å². The lowest BCUT2D eigenvalue weighted by Crippen LogP contribution is -2.06. The number of benzene rings is 2. The molecule has 0 radical (unpaired) electrons. The number of hydrazone groups is 1. The molecular formula is C17H16F3N3O3. The van der Waals surface area contributed by atoms with E-state index in [0.717, 1.165) is 12.1 Å². The highest BCUT2D eigenvalue weighted by Gasteiger charge is 2.33. The van der Waals surface area contributed by atoms with E-state index in [1.54, 1.807) is 24.3 Å². The molecular weight excluding hydrogens is 351 g/mol. The monoisotopic (exact) mass is 367 g/mol. The van der Waals surface area contributed by atoms with Gasteiger partial charge in [-0.25, -0.2) is 0 Å². The van der Waals surface area contributed by atoms with E-state index in [0.29, 0.717) is 17.4 Å². The molecule has 2 rings (SSSR count). The van der Waals surface area contributed by atoms with Crippen molar-refractivity contribution in [2.75, 3.05) is 5.43 Å². The molecule has 0 aliphatic heterocycles. The van der Waals surface area contributed by atoms with Gasteiger partial charge in [-0.1, -0.05) is 0 Å². The lowest BCUT2D eigenvalue weighted by Gasteiger charge is -2.09. The molecule has 6 nitrogen and oxygen atoms in total. The zero-order valence-corrected chi connectivity index (χ0v) is 13.9. The maximum absolute atomic E-state index is 12.7. The first kappa shape index (κ1) is 19.2. The van der Waals surface area contributed by atoms with Crippen molar-refractivity contribution in [2.24, 2.45) is 5.10 Å². The number of halogens is 3. The summed E-state index contributed by atoms with van der Waals surface area (Å²) in [5.41, 5.74) is 1.13. The quantitative estimate of drug-likeness (QED) is 0.450. The summed E-state index contributed by atoms with van der Waals surface area (Å²) >= 11 is 0. The third-order valence-corrected chi connectivity index (χ3v) is 3.17. The van der Waals surface area contributed by atoms with Gasteiger partial charge in [0.2, 0.25) is 0 Å². The Morgan fingerprint density at radius 2 is 1.85 bits per heavy atom. The number of nitrogens with one attached hydrogen (secondary N) is 1. The Balaban J connectivity index is 2.13. The molecule has 0 fully saturated rings. The van der Waals surface area contributed by atoms with Gasteiger partial charge in [-0.05, 0) is 55.8 Å². The Labute approximate surface area is 147 Å². The van der Waals surface area contributed by atoms with Gasteiger partial charge in [-0.3, -0.25) is 15.5 Å². The minimum Gasteiger partial charge on any atom is -0.491 e. The molecule has 0 bridgehead atoms. The van der Waals surface area contributed by atoms with Crippen LogP contribution in [0.2, 0.25) is 0 Å². The third-order valence-electron chi connectivity index (χ3n) is 3.17. The van der Waals surface area contributed by atoms with Crippen LogP contribution < -0.4 is 10.2 Å². The number of nitrogens with zero attached hydrogens (tertiary/aromatic N) is 2. The van der Waals surface area contributed by atoms with Crippen molar-refractivity contribution in [3.8, 4) is 5.75 Å². The van der Waals surface area contributed by atoms with Gasteiger partial charge in [0, 0.05) is 6.07 Å². The number of ether oxygens (including phenoxy) is 1. The number of hydrogen-bond acceptors (Lipinski definition) is 5. The van der Waals surface area contributed by atoms with Gasteiger partial charge in [0.05, 0.1) is 22.8 Å². The lowest BCUT2D eigenvalue weighted by atomic mass is 10.1. The maximum Gasteiger partial charge on any atom is 0.416 e. The second-order valence-electron chi connectivity index (χ2n) is 5.59. The van der Waals surface area contributed by atoms with Gasteiger partial charge >= 0.3 is 6.18 Å². The van der Waals surface area contributed by atoms with Crippen LogP contribution in [0.1, 0.15) is 25.0 Å². The first-order valence-corrected chi connectivity index (χ1v) is 7.58. The molecule has 2 aromatic rings. The minimum absolute atomic E-state index is 0.0383. The first-order valence-electron chi connectivity index (χ1n) is 7.58. The third kappa shape index (κ3) is 5.20. The Kier molecular flexibility index (Phi) is 5.81. The van der Waals surface area contributed by atoms with Crippen molar-refractivity contribution in [2.45, 2.75) is 26.1 Å². The Hall–Kier alpha value is -3.10. The van der Waals surface area contributed by atoms with Crippen molar-refractivity contribution in [1.82, 2.24) is 0 Å². The van der Waals surface area contributed by atoms with Crippen LogP contribution >= 0.6 is 0 Å².